The van der Waals surface area contributed by atoms with Gasteiger partial charge in [-0.3, -0.25) is 4.79 Å². The number of hydrogen-bond acceptors (Lipinski definition) is 2. The largest absolute Gasteiger partial charge is 0.339 e. The lowest BCUT2D eigenvalue weighted by Crippen LogP contribution is -2.15. The van der Waals surface area contributed by atoms with Gasteiger partial charge in [0.1, 0.15) is 5.69 Å². The second-order valence-corrected chi connectivity index (χ2v) is 6.13. The standard InChI is InChI=1S/C14H10Cl2N2OS/c1-18-11-4-5-20-13(11)7-12(18)14(19)17-10-3-2-8(15)6-9(10)16/h2-7H,1H3,(H,17,19). The predicted octanol–water partition coefficient (Wildman–Crippen LogP) is 4.80. The predicted molar refractivity (Wildman–Crippen MR) is 85.2 cm³/mol. The molecular weight excluding hydrogens is 315 g/mol. The van der Waals surface area contributed by atoms with Crippen LogP contribution in [0.4, 0.5) is 5.69 Å². The molecule has 0 fully saturated rings. The van der Waals surface area contributed by atoms with Gasteiger partial charge in [-0.05, 0) is 35.7 Å². The third-order valence-corrected chi connectivity index (χ3v) is 4.48. The summed E-state index contributed by atoms with van der Waals surface area (Å²) in [4.78, 5) is 12.3. The Bertz CT molecular complexity index is 807. The Balaban J connectivity index is 1.92. The number of carbonyl (C=O) groups is 1. The molecule has 3 aromatic rings. The Kier molecular flexibility index (Phi) is 3.46. The zero-order valence-corrected chi connectivity index (χ0v) is 12.8. The molecule has 0 aliphatic heterocycles. The molecule has 1 amide bonds. The van der Waals surface area contributed by atoms with E-state index in [0.29, 0.717) is 21.4 Å². The number of aryl methyl sites for hydroxylation is 1. The third-order valence-electron chi connectivity index (χ3n) is 3.08. The molecule has 0 spiro atoms. The molecule has 3 nitrogen and oxygen atoms in total. The van der Waals surface area contributed by atoms with E-state index in [1.807, 2.05) is 29.1 Å². The van der Waals surface area contributed by atoms with Crippen molar-refractivity contribution in [2.75, 3.05) is 5.32 Å². The van der Waals surface area contributed by atoms with Gasteiger partial charge in [-0.15, -0.1) is 11.3 Å². The number of hydrogen-bond donors (Lipinski definition) is 1. The minimum atomic E-state index is -0.194. The summed E-state index contributed by atoms with van der Waals surface area (Å²) in [5, 5.41) is 5.75. The molecule has 0 unspecified atom stereocenters. The normalized spacial score (nSPS) is 10.9. The first-order valence-electron chi connectivity index (χ1n) is 5.85. The molecular formula is C14H10Cl2N2OS. The Morgan fingerprint density at radius 1 is 1.25 bits per heavy atom. The smallest absolute Gasteiger partial charge is 0.272 e. The number of halogens is 2. The van der Waals surface area contributed by atoms with Crippen molar-refractivity contribution in [2.45, 2.75) is 0 Å². The minimum absolute atomic E-state index is 0.194. The van der Waals surface area contributed by atoms with Gasteiger partial charge in [-0.2, -0.15) is 0 Å². The SMILES string of the molecule is Cn1c(C(=O)Nc2ccc(Cl)cc2Cl)cc2sccc21. The molecule has 1 aromatic carbocycles. The zero-order chi connectivity index (χ0) is 14.3. The van der Waals surface area contributed by atoms with Crippen molar-refractivity contribution in [3.63, 3.8) is 0 Å². The van der Waals surface area contributed by atoms with Gasteiger partial charge >= 0.3 is 0 Å². The van der Waals surface area contributed by atoms with E-state index in [4.69, 9.17) is 23.2 Å². The van der Waals surface area contributed by atoms with E-state index in [1.54, 1.807) is 29.5 Å². The molecule has 0 atom stereocenters. The highest BCUT2D eigenvalue weighted by Gasteiger charge is 2.15. The Morgan fingerprint density at radius 3 is 2.75 bits per heavy atom. The highest BCUT2D eigenvalue weighted by atomic mass is 35.5. The number of anilines is 1. The van der Waals surface area contributed by atoms with Gasteiger partial charge < -0.3 is 9.88 Å². The van der Waals surface area contributed by atoms with Crippen LogP contribution in [0.2, 0.25) is 10.0 Å². The molecule has 2 heterocycles. The second-order valence-electron chi connectivity index (χ2n) is 4.34. The third kappa shape index (κ3) is 2.30. The summed E-state index contributed by atoms with van der Waals surface area (Å²) in [5.41, 5.74) is 2.19. The van der Waals surface area contributed by atoms with Crippen molar-refractivity contribution >= 4 is 56.3 Å². The Hall–Kier alpha value is -1.49. The van der Waals surface area contributed by atoms with Crippen molar-refractivity contribution in [3.8, 4) is 0 Å². The zero-order valence-electron chi connectivity index (χ0n) is 10.5. The number of rotatable bonds is 2. The van der Waals surface area contributed by atoms with Crippen LogP contribution in [-0.2, 0) is 7.05 Å². The van der Waals surface area contributed by atoms with E-state index in [0.717, 1.165) is 10.2 Å². The van der Waals surface area contributed by atoms with Gasteiger partial charge in [0, 0.05) is 12.1 Å². The van der Waals surface area contributed by atoms with Crippen molar-refractivity contribution in [1.82, 2.24) is 4.57 Å². The van der Waals surface area contributed by atoms with E-state index < -0.39 is 0 Å². The van der Waals surface area contributed by atoms with Crippen LogP contribution in [0.5, 0.6) is 0 Å². The molecule has 0 aliphatic rings. The van der Waals surface area contributed by atoms with Crippen molar-refractivity contribution in [1.29, 1.82) is 0 Å². The van der Waals surface area contributed by atoms with Crippen LogP contribution in [0.3, 0.4) is 0 Å². The van der Waals surface area contributed by atoms with Gasteiger partial charge in [0.15, 0.2) is 0 Å². The number of amides is 1. The molecule has 0 aliphatic carbocycles. The van der Waals surface area contributed by atoms with E-state index in [-0.39, 0.29) is 5.91 Å². The van der Waals surface area contributed by atoms with E-state index in [1.165, 1.54) is 0 Å². The number of aromatic nitrogens is 1. The van der Waals surface area contributed by atoms with Gasteiger partial charge in [0.25, 0.3) is 5.91 Å². The number of carbonyl (C=O) groups excluding carboxylic acids is 1. The van der Waals surface area contributed by atoms with Crippen molar-refractivity contribution in [2.24, 2.45) is 7.05 Å². The number of nitrogens with one attached hydrogen (secondary N) is 1. The quantitative estimate of drug-likeness (QED) is 0.721. The fourth-order valence-corrected chi connectivity index (χ4v) is 3.35. The maximum Gasteiger partial charge on any atom is 0.272 e. The summed E-state index contributed by atoms with van der Waals surface area (Å²) in [6.45, 7) is 0. The Morgan fingerprint density at radius 2 is 2.05 bits per heavy atom. The first-order valence-corrected chi connectivity index (χ1v) is 7.49. The molecule has 0 saturated carbocycles. The summed E-state index contributed by atoms with van der Waals surface area (Å²) in [5.74, 6) is -0.194. The molecule has 1 N–H and O–H groups in total. The lowest BCUT2D eigenvalue weighted by atomic mass is 10.3. The van der Waals surface area contributed by atoms with Crippen LogP contribution in [-0.4, -0.2) is 10.5 Å². The lowest BCUT2D eigenvalue weighted by Gasteiger charge is -2.08. The number of fused-ring (bicyclic) bond motifs is 1. The van der Waals surface area contributed by atoms with E-state index >= 15 is 0 Å². The lowest BCUT2D eigenvalue weighted by molar-refractivity contribution is 0.102. The molecule has 0 bridgehead atoms. The van der Waals surface area contributed by atoms with Gasteiger partial charge in [-0.1, -0.05) is 23.2 Å². The maximum absolute atomic E-state index is 12.3. The molecule has 0 radical (unpaired) electrons. The van der Waals surface area contributed by atoms with E-state index in [2.05, 4.69) is 5.32 Å². The average Bonchev–Trinajstić information content (AvgIpc) is 2.96. The maximum atomic E-state index is 12.3. The van der Waals surface area contributed by atoms with E-state index in [9.17, 15) is 4.79 Å². The molecule has 2 aromatic heterocycles. The fourth-order valence-electron chi connectivity index (χ4n) is 2.05. The summed E-state index contributed by atoms with van der Waals surface area (Å²) in [6.07, 6.45) is 0. The van der Waals surface area contributed by atoms with Crippen molar-refractivity contribution in [3.05, 3.63) is 51.5 Å². The minimum Gasteiger partial charge on any atom is -0.339 e. The van der Waals surface area contributed by atoms with Crippen LogP contribution in [0.1, 0.15) is 10.5 Å². The molecule has 3 rings (SSSR count). The van der Waals surface area contributed by atoms with Crippen LogP contribution >= 0.6 is 34.5 Å². The highest BCUT2D eigenvalue weighted by Crippen LogP contribution is 2.28. The van der Waals surface area contributed by atoms with Gasteiger partial charge in [0.05, 0.1) is 20.9 Å². The molecule has 20 heavy (non-hydrogen) atoms. The molecule has 6 heteroatoms. The fraction of sp³-hybridized carbons (Fsp3) is 0.0714. The van der Waals surface area contributed by atoms with Crippen LogP contribution in [0.15, 0.2) is 35.7 Å². The van der Waals surface area contributed by atoms with Crippen molar-refractivity contribution < 1.29 is 4.79 Å². The number of thiophene rings is 1. The number of benzene rings is 1. The van der Waals surface area contributed by atoms with Crippen LogP contribution in [0.25, 0.3) is 10.2 Å². The number of nitrogens with zero attached hydrogens (tertiary/aromatic N) is 1. The summed E-state index contributed by atoms with van der Waals surface area (Å²) in [7, 11) is 1.87. The van der Waals surface area contributed by atoms with Gasteiger partial charge in [0.2, 0.25) is 0 Å². The highest BCUT2D eigenvalue weighted by molar-refractivity contribution is 7.17. The first kappa shape index (κ1) is 13.5. The topological polar surface area (TPSA) is 34.0 Å². The second kappa shape index (κ2) is 5.13. The monoisotopic (exact) mass is 324 g/mol. The van der Waals surface area contributed by atoms with Crippen LogP contribution < -0.4 is 5.32 Å². The Labute approximate surface area is 129 Å². The summed E-state index contributed by atoms with van der Waals surface area (Å²) >= 11 is 13.5. The molecule has 102 valence electrons. The first-order chi connectivity index (χ1) is 9.56. The van der Waals surface area contributed by atoms with Crippen LogP contribution in [0, 0.1) is 0 Å². The summed E-state index contributed by atoms with van der Waals surface area (Å²) in [6, 6.07) is 8.84. The summed E-state index contributed by atoms with van der Waals surface area (Å²) < 4.78 is 2.95. The van der Waals surface area contributed by atoms with Gasteiger partial charge in [-0.25, -0.2) is 0 Å². The molecule has 0 saturated heterocycles. The average molecular weight is 325 g/mol.